The normalized spacial score (nSPS) is 12.9. The van der Waals surface area contributed by atoms with Crippen LogP contribution >= 0.6 is 11.3 Å². The number of nitro benzene ring substituents is 1. The van der Waals surface area contributed by atoms with Crippen LogP contribution in [0.5, 0.6) is 0 Å². The molecule has 3 aromatic rings. The molecule has 6 nitrogen and oxygen atoms in total. The van der Waals surface area contributed by atoms with E-state index >= 15 is 0 Å². The SMILES string of the molecule is CCCC(C)n1c(-c2cccc([N+](=O)[O-])c2)csc1=Nc1cccnc1. The molecule has 0 amide bonds. The summed E-state index contributed by atoms with van der Waals surface area (Å²) in [6.07, 6.45) is 5.49. The fourth-order valence-corrected chi connectivity index (χ4v) is 3.91. The Morgan fingerprint density at radius 2 is 2.19 bits per heavy atom. The fraction of sp³-hybridized carbons (Fsp3) is 0.263. The molecule has 0 aliphatic rings. The van der Waals surface area contributed by atoms with Gasteiger partial charge in [0.1, 0.15) is 0 Å². The monoisotopic (exact) mass is 368 g/mol. The maximum Gasteiger partial charge on any atom is 0.270 e. The van der Waals surface area contributed by atoms with E-state index in [1.54, 1.807) is 24.5 Å². The molecule has 2 heterocycles. The van der Waals surface area contributed by atoms with Gasteiger partial charge in [0.05, 0.1) is 22.5 Å². The zero-order valence-corrected chi connectivity index (χ0v) is 15.5. The molecule has 7 heteroatoms. The Morgan fingerprint density at radius 1 is 1.35 bits per heavy atom. The third kappa shape index (κ3) is 3.88. The molecule has 3 rings (SSSR count). The standard InChI is InChI=1S/C19H20N4O2S/c1-3-6-14(2)22-18(15-7-4-9-17(11-15)23(24)25)13-26-19(22)21-16-8-5-10-20-12-16/h4-5,7-14H,3,6H2,1-2H3. The van der Waals surface area contributed by atoms with Crippen molar-refractivity contribution in [3.63, 3.8) is 0 Å². The van der Waals surface area contributed by atoms with Gasteiger partial charge in [0.15, 0.2) is 4.80 Å². The molecule has 0 saturated carbocycles. The number of benzene rings is 1. The Bertz CT molecular complexity index is 963. The first-order valence-corrected chi connectivity index (χ1v) is 9.37. The molecular formula is C19H20N4O2S. The van der Waals surface area contributed by atoms with Gasteiger partial charge in [-0.1, -0.05) is 25.5 Å². The highest BCUT2D eigenvalue weighted by molar-refractivity contribution is 7.07. The number of pyridine rings is 1. The summed E-state index contributed by atoms with van der Waals surface area (Å²) in [5, 5.41) is 13.1. The number of thiazole rings is 1. The maximum atomic E-state index is 11.1. The van der Waals surface area contributed by atoms with E-state index < -0.39 is 0 Å². The average Bonchev–Trinajstić information content (AvgIpc) is 3.06. The van der Waals surface area contributed by atoms with Gasteiger partial charge in [0.2, 0.25) is 0 Å². The van der Waals surface area contributed by atoms with Crippen molar-refractivity contribution < 1.29 is 4.92 Å². The minimum Gasteiger partial charge on any atom is -0.314 e. The molecule has 1 aromatic carbocycles. The molecule has 1 atom stereocenters. The first-order chi connectivity index (χ1) is 12.6. The van der Waals surface area contributed by atoms with E-state index in [1.165, 1.54) is 17.4 Å². The van der Waals surface area contributed by atoms with Gasteiger partial charge in [0, 0.05) is 35.3 Å². The van der Waals surface area contributed by atoms with Crippen molar-refractivity contribution in [1.82, 2.24) is 9.55 Å². The van der Waals surface area contributed by atoms with Crippen LogP contribution in [0.25, 0.3) is 11.3 Å². The van der Waals surface area contributed by atoms with Crippen LogP contribution in [0.3, 0.4) is 0 Å². The van der Waals surface area contributed by atoms with Crippen LogP contribution in [-0.2, 0) is 0 Å². The number of nitro groups is 1. The van der Waals surface area contributed by atoms with Crippen molar-refractivity contribution in [3.8, 4) is 11.3 Å². The molecule has 0 spiro atoms. The van der Waals surface area contributed by atoms with Crippen LogP contribution < -0.4 is 4.80 Å². The molecular weight excluding hydrogens is 348 g/mol. The minimum absolute atomic E-state index is 0.0918. The molecule has 0 saturated heterocycles. The molecule has 1 unspecified atom stereocenters. The highest BCUT2D eigenvalue weighted by atomic mass is 32.1. The summed E-state index contributed by atoms with van der Waals surface area (Å²) in [4.78, 5) is 20.5. The first kappa shape index (κ1) is 18.0. The molecule has 0 bridgehead atoms. The van der Waals surface area contributed by atoms with Crippen molar-refractivity contribution >= 4 is 22.7 Å². The number of non-ortho nitro benzene ring substituents is 1. The van der Waals surface area contributed by atoms with E-state index in [-0.39, 0.29) is 16.7 Å². The van der Waals surface area contributed by atoms with Gasteiger partial charge in [-0.05, 0) is 25.5 Å². The number of hydrogen-bond acceptors (Lipinski definition) is 5. The summed E-state index contributed by atoms with van der Waals surface area (Å²) in [5.74, 6) is 0. The summed E-state index contributed by atoms with van der Waals surface area (Å²) >= 11 is 1.53. The van der Waals surface area contributed by atoms with E-state index in [0.717, 1.165) is 34.6 Å². The molecule has 0 radical (unpaired) electrons. The molecule has 2 aromatic heterocycles. The van der Waals surface area contributed by atoms with Crippen molar-refractivity contribution in [2.45, 2.75) is 32.7 Å². The van der Waals surface area contributed by atoms with Gasteiger partial charge < -0.3 is 4.57 Å². The lowest BCUT2D eigenvalue weighted by Crippen LogP contribution is -2.19. The third-order valence-electron chi connectivity index (χ3n) is 4.11. The van der Waals surface area contributed by atoms with E-state index in [9.17, 15) is 10.1 Å². The first-order valence-electron chi connectivity index (χ1n) is 8.49. The van der Waals surface area contributed by atoms with Crippen molar-refractivity contribution in [2.24, 2.45) is 4.99 Å². The second-order valence-corrected chi connectivity index (χ2v) is 6.88. The smallest absolute Gasteiger partial charge is 0.270 e. The Hall–Kier alpha value is -2.80. The van der Waals surface area contributed by atoms with Gasteiger partial charge in [-0.25, -0.2) is 4.99 Å². The Balaban J connectivity index is 2.16. The van der Waals surface area contributed by atoms with E-state index in [2.05, 4.69) is 23.4 Å². The van der Waals surface area contributed by atoms with Crippen molar-refractivity contribution in [2.75, 3.05) is 0 Å². The average molecular weight is 368 g/mol. The van der Waals surface area contributed by atoms with E-state index in [4.69, 9.17) is 4.99 Å². The zero-order valence-electron chi connectivity index (χ0n) is 14.7. The third-order valence-corrected chi connectivity index (χ3v) is 4.95. The predicted molar refractivity (Wildman–Crippen MR) is 103 cm³/mol. The topological polar surface area (TPSA) is 73.3 Å². The van der Waals surface area contributed by atoms with Gasteiger partial charge in [-0.2, -0.15) is 0 Å². The van der Waals surface area contributed by atoms with Crippen molar-refractivity contribution in [3.05, 3.63) is 69.1 Å². The lowest BCUT2D eigenvalue weighted by Gasteiger charge is -2.16. The lowest BCUT2D eigenvalue weighted by molar-refractivity contribution is -0.384. The summed E-state index contributed by atoms with van der Waals surface area (Å²) in [5.41, 5.74) is 2.65. The highest BCUT2D eigenvalue weighted by Crippen LogP contribution is 2.28. The van der Waals surface area contributed by atoms with Crippen molar-refractivity contribution in [1.29, 1.82) is 0 Å². The number of aromatic nitrogens is 2. The van der Waals surface area contributed by atoms with E-state index in [1.807, 2.05) is 23.6 Å². The fourth-order valence-electron chi connectivity index (χ4n) is 2.89. The van der Waals surface area contributed by atoms with Crippen LogP contribution in [0.2, 0.25) is 0 Å². The Morgan fingerprint density at radius 3 is 2.88 bits per heavy atom. The summed E-state index contributed by atoms with van der Waals surface area (Å²) in [6, 6.07) is 10.7. The maximum absolute atomic E-state index is 11.1. The minimum atomic E-state index is -0.364. The molecule has 0 fully saturated rings. The van der Waals surface area contributed by atoms with Crippen LogP contribution in [0, 0.1) is 10.1 Å². The summed E-state index contributed by atoms with van der Waals surface area (Å²) in [7, 11) is 0. The van der Waals surface area contributed by atoms with Gasteiger partial charge in [-0.15, -0.1) is 11.3 Å². The molecule has 26 heavy (non-hydrogen) atoms. The van der Waals surface area contributed by atoms with E-state index in [0.29, 0.717) is 0 Å². The van der Waals surface area contributed by atoms with Crippen LogP contribution in [0.4, 0.5) is 11.4 Å². The van der Waals surface area contributed by atoms with Crippen LogP contribution in [0.15, 0.2) is 59.2 Å². The van der Waals surface area contributed by atoms with Crippen LogP contribution in [0.1, 0.15) is 32.7 Å². The lowest BCUT2D eigenvalue weighted by atomic mass is 10.1. The summed E-state index contributed by atoms with van der Waals surface area (Å²) < 4.78 is 2.17. The van der Waals surface area contributed by atoms with Gasteiger partial charge in [0.25, 0.3) is 5.69 Å². The molecule has 0 aliphatic heterocycles. The number of rotatable bonds is 6. The largest absolute Gasteiger partial charge is 0.314 e. The Kier molecular flexibility index (Phi) is 5.58. The molecule has 134 valence electrons. The molecule has 0 aliphatic carbocycles. The zero-order chi connectivity index (χ0) is 18.5. The number of hydrogen-bond donors (Lipinski definition) is 0. The number of nitrogens with zero attached hydrogens (tertiary/aromatic N) is 4. The van der Waals surface area contributed by atoms with Crippen LogP contribution in [-0.4, -0.2) is 14.5 Å². The second-order valence-electron chi connectivity index (χ2n) is 6.04. The highest BCUT2D eigenvalue weighted by Gasteiger charge is 2.16. The summed E-state index contributed by atoms with van der Waals surface area (Å²) in [6.45, 7) is 4.30. The second kappa shape index (κ2) is 8.05. The Labute approximate surface area is 155 Å². The quantitative estimate of drug-likeness (QED) is 0.448. The predicted octanol–water partition coefficient (Wildman–Crippen LogP) is 5.11. The molecule has 0 N–H and O–H groups in total. The van der Waals surface area contributed by atoms with Gasteiger partial charge >= 0.3 is 0 Å². The van der Waals surface area contributed by atoms with Gasteiger partial charge in [-0.3, -0.25) is 15.1 Å².